The van der Waals surface area contributed by atoms with Crippen molar-refractivity contribution in [2.75, 3.05) is 12.4 Å². The van der Waals surface area contributed by atoms with Gasteiger partial charge in [0.05, 0.1) is 12.8 Å². The van der Waals surface area contributed by atoms with Crippen LogP contribution >= 0.6 is 0 Å². The topological polar surface area (TPSA) is 21.3 Å². The van der Waals surface area contributed by atoms with Gasteiger partial charge in [0.1, 0.15) is 11.6 Å². The highest BCUT2D eigenvalue weighted by molar-refractivity contribution is 5.50. The van der Waals surface area contributed by atoms with E-state index >= 15 is 0 Å². The number of ether oxygens (including phenoxy) is 1. The monoisotopic (exact) mass is 209 g/mol. The van der Waals surface area contributed by atoms with E-state index in [1.54, 1.807) is 19.2 Å². The van der Waals surface area contributed by atoms with E-state index in [2.05, 4.69) is 12.2 Å². The van der Waals surface area contributed by atoms with E-state index in [-0.39, 0.29) is 5.82 Å². The van der Waals surface area contributed by atoms with Crippen LogP contribution in [0, 0.1) is 11.7 Å². The summed E-state index contributed by atoms with van der Waals surface area (Å²) in [6.45, 7) is 2.09. The maximum Gasteiger partial charge on any atom is 0.146 e. The van der Waals surface area contributed by atoms with Crippen molar-refractivity contribution >= 4 is 5.69 Å². The Kier molecular flexibility index (Phi) is 2.80. The third-order valence-electron chi connectivity index (χ3n) is 2.89. The standard InChI is InChI=1S/C12H16FNO/c1-8(9-3-4-9)14-12-7-10(15-2)5-6-11(12)13/h5-9,14H,3-4H2,1-2H3/t8-/m1/s1. The molecular formula is C12H16FNO. The van der Waals surface area contributed by atoms with Gasteiger partial charge in [-0.05, 0) is 37.8 Å². The second-order valence-corrected chi connectivity index (χ2v) is 4.12. The van der Waals surface area contributed by atoms with E-state index in [1.807, 2.05) is 0 Å². The Morgan fingerprint density at radius 2 is 2.20 bits per heavy atom. The van der Waals surface area contributed by atoms with Crippen molar-refractivity contribution in [3.05, 3.63) is 24.0 Å². The van der Waals surface area contributed by atoms with Crippen LogP contribution in [-0.2, 0) is 0 Å². The average molecular weight is 209 g/mol. The van der Waals surface area contributed by atoms with E-state index in [0.717, 1.165) is 0 Å². The molecule has 0 unspecified atom stereocenters. The molecule has 1 N–H and O–H groups in total. The maximum absolute atomic E-state index is 13.4. The Morgan fingerprint density at radius 1 is 1.47 bits per heavy atom. The summed E-state index contributed by atoms with van der Waals surface area (Å²) in [5.41, 5.74) is 0.536. The summed E-state index contributed by atoms with van der Waals surface area (Å²) in [6, 6.07) is 5.10. The highest BCUT2D eigenvalue weighted by Crippen LogP contribution is 2.34. The molecule has 1 aliphatic rings. The molecule has 2 nitrogen and oxygen atoms in total. The van der Waals surface area contributed by atoms with Crippen LogP contribution < -0.4 is 10.1 Å². The van der Waals surface area contributed by atoms with Crippen LogP contribution in [0.4, 0.5) is 10.1 Å². The lowest BCUT2D eigenvalue weighted by molar-refractivity contribution is 0.414. The molecule has 1 aromatic carbocycles. The van der Waals surface area contributed by atoms with Gasteiger partial charge in [-0.25, -0.2) is 4.39 Å². The van der Waals surface area contributed by atoms with Gasteiger partial charge in [-0.15, -0.1) is 0 Å². The first-order valence-corrected chi connectivity index (χ1v) is 5.31. The molecule has 0 amide bonds. The highest BCUT2D eigenvalue weighted by atomic mass is 19.1. The summed E-state index contributed by atoms with van der Waals surface area (Å²) in [4.78, 5) is 0. The van der Waals surface area contributed by atoms with Crippen LogP contribution in [0.5, 0.6) is 5.75 Å². The van der Waals surface area contributed by atoms with Crippen molar-refractivity contribution in [3.63, 3.8) is 0 Å². The normalized spacial score (nSPS) is 17.3. The fraction of sp³-hybridized carbons (Fsp3) is 0.500. The molecule has 0 bridgehead atoms. The maximum atomic E-state index is 13.4. The van der Waals surface area contributed by atoms with Crippen molar-refractivity contribution < 1.29 is 9.13 Å². The van der Waals surface area contributed by atoms with Crippen molar-refractivity contribution in [3.8, 4) is 5.75 Å². The molecule has 0 radical (unpaired) electrons. The van der Waals surface area contributed by atoms with Crippen LogP contribution in [-0.4, -0.2) is 13.2 Å². The van der Waals surface area contributed by atoms with Gasteiger partial charge in [0, 0.05) is 12.1 Å². The molecular weight excluding hydrogens is 193 g/mol. The third-order valence-corrected chi connectivity index (χ3v) is 2.89. The largest absolute Gasteiger partial charge is 0.497 e. The number of rotatable bonds is 4. The summed E-state index contributed by atoms with van der Waals surface area (Å²) in [5.74, 6) is 1.17. The minimum atomic E-state index is -0.219. The SMILES string of the molecule is COc1ccc(F)c(N[C@H](C)C2CC2)c1. The molecule has 0 spiro atoms. The quantitative estimate of drug-likeness (QED) is 0.823. The number of hydrogen-bond acceptors (Lipinski definition) is 2. The number of nitrogens with one attached hydrogen (secondary N) is 1. The van der Waals surface area contributed by atoms with Gasteiger partial charge in [0.25, 0.3) is 0 Å². The van der Waals surface area contributed by atoms with Gasteiger partial charge >= 0.3 is 0 Å². The minimum absolute atomic E-state index is 0.219. The lowest BCUT2D eigenvalue weighted by Crippen LogP contribution is -2.18. The van der Waals surface area contributed by atoms with E-state index in [1.165, 1.54) is 18.9 Å². The predicted octanol–water partition coefficient (Wildman–Crippen LogP) is 3.04. The van der Waals surface area contributed by atoms with Crippen molar-refractivity contribution in [1.29, 1.82) is 0 Å². The van der Waals surface area contributed by atoms with Gasteiger partial charge < -0.3 is 10.1 Å². The molecule has 0 aliphatic heterocycles. The lowest BCUT2D eigenvalue weighted by atomic mass is 10.2. The summed E-state index contributed by atoms with van der Waals surface area (Å²) < 4.78 is 18.5. The molecule has 15 heavy (non-hydrogen) atoms. The van der Waals surface area contributed by atoms with Gasteiger partial charge in [-0.3, -0.25) is 0 Å². The fourth-order valence-electron chi connectivity index (χ4n) is 1.70. The molecule has 3 heteroatoms. The molecule has 1 fully saturated rings. The second kappa shape index (κ2) is 4.09. The predicted molar refractivity (Wildman–Crippen MR) is 58.8 cm³/mol. The molecule has 1 saturated carbocycles. The van der Waals surface area contributed by atoms with Gasteiger partial charge in [0.2, 0.25) is 0 Å². The van der Waals surface area contributed by atoms with Gasteiger partial charge in [-0.2, -0.15) is 0 Å². The Balaban J connectivity index is 2.11. The Labute approximate surface area is 89.4 Å². The highest BCUT2D eigenvalue weighted by Gasteiger charge is 2.28. The molecule has 0 saturated heterocycles. The Bertz CT molecular complexity index is 349. The summed E-state index contributed by atoms with van der Waals surface area (Å²) in [7, 11) is 1.58. The van der Waals surface area contributed by atoms with Crippen LogP contribution in [0.1, 0.15) is 19.8 Å². The van der Waals surface area contributed by atoms with Crippen molar-refractivity contribution in [2.24, 2.45) is 5.92 Å². The zero-order valence-electron chi connectivity index (χ0n) is 9.09. The molecule has 1 atom stereocenters. The Hall–Kier alpha value is -1.25. The van der Waals surface area contributed by atoms with Gasteiger partial charge in [0.15, 0.2) is 0 Å². The summed E-state index contributed by atoms with van der Waals surface area (Å²) in [5, 5.41) is 3.19. The van der Waals surface area contributed by atoms with Gasteiger partial charge in [-0.1, -0.05) is 0 Å². The number of benzene rings is 1. The average Bonchev–Trinajstić information content (AvgIpc) is 3.04. The first-order valence-electron chi connectivity index (χ1n) is 5.31. The summed E-state index contributed by atoms with van der Waals surface area (Å²) in [6.07, 6.45) is 2.50. The van der Waals surface area contributed by atoms with Crippen LogP contribution in [0.3, 0.4) is 0 Å². The number of hydrogen-bond donors (Lipinski definition) is 1. The molecule has 82 valence electrons. The Morgan fingerprint density at radius 3 is 2.80 bits per heavy atom. The van der Waals surface area contributed by atoms with E-state index in [4.69, 9.17) is 4.74 Å². The number of anilines is 1. The fourth-order valence-corrected chi connectivity index (χ4v) is 1.70. The smallest absolute Gasteiger partial charge is 0.146 e. The lowest BCUT2D eigenvalue weighted by Gasteiger charge is -2.15. The van der Waals surface area contributed by atoms with Crippen LogP contribution in [0.2, 0.25) is 0 Å². The first kappa shape index (κ1) is 10.3. The molecule has 0 aromatic heterocycles. The summed E-state index contributed by atoms with van der Waals surface area (Å²) >= 11 is 0. The zero-order chi connectivity index (χ0) is 10.8. The van der Waals surface area contributed by atoms with E-state index < -0.39 is 0 Å². The molecule has 1 aliphatic carbocycles. The second-order valence-electron chi connectivity index (χ2n) is 4.12. The third kappa shape index (κ3) is 2.41. The van der Waals surface area contributed by atoms with Crippen molar-refractivity contribution in [2.45, 2.75) is 25.8 Å². The minimum Gasteiger partial charge on any atom is -0.497 e. The number of methoxy groups -OCH3 is 1. The van der Waals surface area contributed by atoms with Crippen molar-refractivity contribution in [1.82, 2.24) is 0 Å². The van der Waals surface area contributed by atoms with E-state index in [0.29, 0.717) is 23.4 Å². The van der Waals surface area contributed by atoms with Crippen LogP contribution in [0.15, 0.2) is 18.2 Å². The zero-order valence-corrected chi connectivity index (χ0v) is 9.09. The molecule has 1 aromatic rings. The molecule has 0 heterocycles. The number of halogens is 1. The van der Waals surface area contributed by atoms with E-state index in [9.17, 15) is 4.39 Å². The molecule has 2 rings (SSSR count). The van der Waals surface area contributed by atoms with Crippen LogP contribution in [0.25, 0.3) is 0 Å². The first-order chi connectivity index (χ1) is 7.20.